The first kappa shape index (κ1) is 10.7. The van der Waals surface area contributed by atoms with E-state index in [1.54, 1.807) is 0 Å². The molecule has 0 bridgehead atoms. The van der Waals surface area contributed by atoms with Gasteiger partial charge in [-0.2, -0.15) is 0 Å². The molecule has 1 aliphatic rings. The van der Waals surface area contributed by atoms with Crippen LogP contribution in [0.15, 0.2) is 24.3 Å². The van der Waals surface area contributed by atoms with E-state index < -0.39 is 0 Å². The summed E-state index contributed by atoms with van der Waals surface area (Å²) in [6, 6.07) is 7.66. The molecule has 0 saturated carbocycles. The fourth-order valence-electron chi connectivity index (χ4n) is 2.04. The van der Waals surface area contributed by atoms with Crippen LogP contribution in [0.3, 0.4) is 0 Å². The van der Waals surface area contributed by atoms with Crippen molar-refractivity contribution in [1.82, 2.24) is 5.32 Å². The fourth-order valence-corrected chi connectivity index (χ4v) is 2.17. The minimum absolute atomic E-state index is 0.383. The molecule has 0 atom stereocenters. The minimum Gasteiger partial charge on any atom is -0.317 e. The number of benzene rings is 1. The van der Waals surface area contributed by atoms with Crippen molar-refractivity contribution in [3.05, 3.63) is 35.4 Å². The summed E-state index contributed by atoms with van der Waals surface area (Å²) in [4.78, 5) is 10.9. The third-order valence-electron chi connectivity index (χ3n) is 2.95. The number of halogens is 1. The monoisotopic (exact) mass is 223 g/mol. The SMILES string of the molecule is O=C(Cl)c1ccc(C2CCNCC2)cc1. The summed E-state index contributed by atoms with van der Waals surface area (Å²) in [5, 5.41) is 2.96. The number of hydrogen-bond acceptors (Lipinski definition) is 2. The predicted octanol–water partition coefficient (Wildman–Crippen LogP) is 2.53. The third-order valence-corrected chi connectivity index (χ3v) is 3.17. The van der Waals surface area contributed by atoms with Crippen LogP contribution in [0.25, 0.3) is 0 Å². The molecule has 1 aromatic rings. The summed E-state index contributed by atoms with van der Waals surface area (Å²) >= 11 is 5.39. The smallest absolute Gasteiger partial charge is 0.252 e. The second-order valence-corrected chi connectivity index (χ2v) is 4.26. The van der Waals surface area contributed by atoms with Crippen LogP contribution in [0.4, 0.5) is 0 Å². The lowest BCUT2D eigenvalue weighted by Crippen LogP contribution is -2.26. The molecule has 1 heterocycles. The molecule has 1 aromatic carbocycles. The summed E-state index contributed by atoms with van der Waals surface area (Å²) in [7, 11) is 0. The van der Waals surface area contributed by atoms with E-state index in [1.165, 1.54) is 18.4 Å². The second kappa shape index (κ2) is 4.77. The number of piperidine rings is 1. The molecule has 0 radical (unpaired) electrons. The van der Waals surface area contributed by atoms with Gasteiger partial charge in [-0.1, -0.05) is 12.1 Å². The lowest BCUT2D eigenvalue weighted by atomic mass is 9.90. The van der Waals surface area contributed by atoms with Crippen LogP contribution in [-0.2, 0) is 0 Å². The van der Waals surface area contributed by atoms with Gasteiger partial charge in [0.2, 0.25) is 0 Å². The van der Waals surface area contributed by atoms with E-state index in [9.17, 15) is 4.79 Å². The topological polar surface area (TPSA) is 29.1 Å². The Kier molecular flexibility index (Phi) is 3.39. The van der Waals surface area contributed by atoms with E-state index in [1.807, 2.05) is 24.3 Å². The minimum atomic E-state index is -0.383. The van der Waals surface area contributed by atoms with Gasteiger partial charge in [0.05, 0.1) is 0 Å². The Labute approximate surface area is 94.6 Å². The Morgan fingerprint density at radius 2 is 1.80 bits per heavy atom. The van der Waals surface area contributed by atoms with Crippen molar-refractivity contribution in [1.29, 1.82) is 0 Å². The quantitative estimate of drug-likeness (QED) is 0.781. The first-order chi connectivity index (χ1) is 7.27. The highest BCUT2D eigenvalue weighted by Crippen LogP contribution is 2.25. The van der Waals surface area contributed by atoms with Gasteiger partial charge in [0.1, 0.15) is 0 Å². The van der Waals surface area contributed by atoms with Crippen LogP contribution in [0, 0.1) is 0 Å². The maximum absolute atomic E-state index is 10.9. The van der Waals surface area contributed by atoms with E-state index in [-0.39, 0.29) is 5.24 Å². The molecule has 1 N–H and O–H groups in total. The third kappa shape index (κ3) is 2.58. The maximum atomic E-state index is 10.9. The van der Waals surface area contributed by atoms with E-state index in [4.69, 9.17) is 11.6 Å². The summed E-state index contributed by atoms with van der Waals surface area (Å²) < 4.78 is 0. The molecule has 1 fully saturated rings. The van der Waals surface area contributed by atoms with Crippen molar-refractivity contribution in [2.75, 3.05) is 13.1 Å². The standard InChI is InChI=1S/C12H14ClNO/c13-12(15)11-3-1-9(2-4-11)10-5-7-14-8-6-10/h1-4,10,14H,5-8H2. The molecule has 15 heavy (non-hydrogen) atoms. The van der Waals surface area contributed by atoms with E-state index in [0.29, 0.717) is 11.5 Å². The van der Waals surface area contributed by atoms with E-state index in [0.717, 1.165) is 13.1 Å². The first-order valence-corrected chi connectivity index (χ1v) is 5.65. The molecule has 1 aliphatic heterocycles. The maximum Gasteiger partial charge on any atom is 0.252 e. The summed E-state index contributed by atoms with van der Waals surface area (Å²) in [6.45, 7) is 2.17. The van der Waals surface area contributed by atoms with Crippen molar-refractivity contribution < 1.29 is 4.79 Å². The summed E-state index contributed by atoms with van der Waals surface area (Å²) in [5.74, 6) is 0.630. The van der Waals surface area contributed by atoms with Gasteiger partial charge in [-0.3, -0.25) is 4.79 Å². The van der Waals surface area contributed by atoms with Crippen LogP contribution in [0.1, 0.15) is 34.7 Å². The van der Waals surface area contributed by atoms with Crippen molar-refractivity contribution in [2.45, 2.75) is 18.8 Å². The lowest BCUT2D eigenvalue weighted by molar-refractivity contribution is 0.108. The van der Waals surface area contributed by atoms with Crippen molar-refractivity contribution in [3.63, 3.8) is 0 Å². The number of hydrogen-bond donors (Lipinski definition) is 1. The Morgan fingerprint density at radius 1 is 1.20 bits per heavy atom. The van der Waals surface area contributed by atoms with Crippen LogP contribution >= 0.6 is 11.6 Å². The lowest BCUT2D eigenvalue weighted by Gasteiger charge is -2.22. The zero-order valence-corrected chi connectivity index (χ0v) is 9.26. The molecule has 80 valence electrons. The molecule has 2 nitrogen and oxygen atoms in total. The molecule has 2 rings (SSSR count). The number of carbonyl (C=O) groups excluding carboxylic acids is 1. The van der Waals surface area contributed by atoms with Crippen LogP contribution in [0.5, 0.6) is 0 Å². The van der Waals surface area contributed by atoms with E-state index >= 15 is 0 Å². The van der Waals surface area contributed by atoms with Gasteiger partial charge < -0.3 is 5.32 Å². The van der Waals surface area contributed by atoms with Crippen molar-refractivity contribution in [2.24, 2.45) is 0 Å². The average Bonchev–Trinajstić information content (AvgIpc) is 2.30. The van der Waals surface area contributed by atoms with Gasteiger partial charge in [0, 0.05) is 5.56 Å². The zero-order valence-electron chi connectivity index (χ0n) is 8.50. The summed E-state index contributed by atoms with van der Waals surface area (Å²) in [6.07, 6.45) is 2.35. The zero-order chi connectivity index (χ0) is 10.7. The molecule has 3 heteroatoms. The molecular weight excluding hydrogens is 210 g/mol. The van der Waals surface area contributed by atoms with Crippen LogP contribution < -0.4 is 5.32 Å². The molecule has 0 spiro atoms. The number of rotatable bonds is 2. The van der Waals surface area contributed by atoms with Crippen molar-refractivity contribution >= 4 is 16.8 Å². The number of nitrogens with one attached hydrogen (secondary N) is 1. The Bertz CT molecular complexity index is 341. The average molecular weight is 224 g/mol. The second-order valence-electron chi connectivity index (χ2n) is 3.92. The van der Waals surface area contributed by atoms with Gasteiger partial charge in [-0.25, -0.2) is 0 Å². The Morgan fingerprint density at radius 3 is 2.33 bits per heavy atom. The Balaban J connectivity index is 2.11. The van der Waals surface area contributed by atoms with Gasteiger partial charge in [-0.05, 0) is 61.1 Å². The highest BCUT2D eigenvalue weighted by atomic mass is 35.5. The first-order valence-electron chi connectivity index (χ1n) is 5.28. The van der Waals surface area contributed by atoms with Crippen LogP contribution in [0.2, 0.25) is 0 Å². The van der Waals surface area contributed by atoms with Gasteiger partial charge in [0.25, 0.3) is 5.24 Å². The fraction of sp³-hybridized carbons (Fsp3) is 0.417. The molecule has 0 aliphatic carbocycles. The largest absolute Gasteiger partial charge is 0.317 e. The van der Waals surface area contributed by atoms with Crippen LogP contribution in [-0.4, -0.2) is 18.3 Å². The highest BCUT2D eigenvalue weighted by molar-refractivity contribution is 6.67. The normalized spacial score (nSPS) is 17.7. The molecular formula is C12H14ClNO. The van der Waals surface area contributed by atoms with Crippen molar-refractivity contribution in [3.8, 4) is 0 Å². The molecule has 0 aromatic heterocycles. The number of carbonyl (C=O) groups is 1. The highest BCUT2D eigenvalue weighted by Gasteiger charge is 2.15. The Hall–Kier alpha value is -0.860. The molecule has 0 amide bonds. The molecule has 0 unspecified atom stereocenters. The van der Waals surface area contributed by atoms with Gasteiger partial charge >= 0.3 is 0 Å². The molecule has 1 saturated heterocycles. The van der Waals surface area contributed by atoms with Gasteiger partial charge in [-0.15, -0.1) is 0 Å². The summed E-state index contributed by atoms with van der Waals surface area (Å²) in [5.41, 5.74) is 1.90. The van der Waals surface area contributed by atoms with Gasteiger partial charge in [0.15, 0.2) is 0 Å². The predicted molar refractivity (Wildman–Crippen MR) is 61.5 cm³/mol. The van der Waals surface area contributed by atoms with E-state index in [2.05, 4.69) is 5.32 Å².